The van der Waals surface area contributed by atoms with Crippen LogP contribution in [0.25, 0.3) is 0 Å². The monoisotopic (exact) mass is 375 g/mol. The Hall–Kier alpha value is -0.750. The first-order valence-electron chi connectivity index (χ1n) is 6.38. The summed E-state index contributed by atoms with van der Waals surface area (Å²) in [5.41, 5.74) is 1.15. The minimum atomic E-state index is 0.259. The maximum absolute atomic E-state index is 5.66. The highest BCUT2D eigenvalue weighted by atomic mass is 127. The van der Waals surface area contributed by atoms with Gasteiger partial charge in [0, 0.05) is 17.2 Å². The van der Waals surface area contributed by atoms with E-state index in [0.29, 0.717) is 19.1 Å². The van der Waals surface area contributed by atoms with E-state index in [-0.39, 0.29) is 6.10 Å². The van der Waals surface area contributed by atoms with Crippen molar-refractivity contribution in [3.05, 3.63) is 45.9 Å². The summed E-state index contributed by atoms with van der Waals surface area (Å²) in [4.78, 5) is 1.97. The third-order valence-corrected chi connectivity index (χ3v) is 3.34. The fourth-order valence-corrected chi connectivity index (χ4v) is 1.77. The summed E-state index contributed by atoms with van der Waals surface area (Å²) in [5, 5.41) is 0. The van der Waals surface area contributed by atoms with Crippen LogP contribution in [0.5, 0.6) is 0 Å². The molecule has 1 aromatic rings. The molecule has 1 rings (SSSR count). The molecule has 0 atom stereocenters. The molecular weight excluding hydrogens is 353 g/mol. The summed E-state index contributed by atoms with van der Waals surface area (Å²) in [6.07, 6.45) is 0.259. The van der Waals surface area contributed by atoms with Crippen LogP contribution in [0.3, 0.4) is 0 Å². The van der Waals surface area contributed by atoms with E-state index in [1.165, 1.54) is 3.57 Å². The Kier molecular flexibility index (Phi) is 7.23. The Labute approximate surface area is 129 Å². The maximum atomic E-state index is 5.66. The van der Waals surface area contributed by atoms with Crippen molar-refractivity contribution < 1.29 is 9.47 Å². The molecule has 0 aliphatic carbocycles. The van der Waals surface area contributed by atoms with Crippen LogP contribution in [-0.4, -0.2) is 31.2 Å². The minimum Gasteiger partial charge on any atom is -0.475 e. The van der Waals surface area contributed by atoms with Crippen LogP contribution in [0, 0.1) is 3.57 Å². The fourth-order valence-electron chi connectivity index (χ4n) is 1.41. The first kappa shape index (κ1) is 16.3. The van der Waals surface area contributed by atoms with Crippen LogP contribution in [0.15, 0.2) is 36.7 Å². The van der Waals surface area contributed by atoms with Gasteiger partial charge in [0.2, 0.25) is 0 Å². The van der Waals surface area contributed by atoms with Gasteiger partial charge in [0.25, 0.3) is 0 Å². The van der Waals surface area contributed by atoms with Crippen molar-refractivity contribution in [2.75, 3.05) is 20.2 Å². The summed E-state index contributed by atoms with van der Waals surface area (Å²) in [7, 11) is 1.96. The maximum Gasteiger partial charge on any atom is 0.182 e. The van der Waals surface area contributed by atoms with E-state index >= 15 is 0 Å². The molecular formula is C15H22INO2. The third kappa shape index (κ3) is 6.82. The van der Waals surface area contributed by atoms with Crippen molar-refractivity contribution in [3.63, 3.8) is 0 Å². The van der Waals surface area contributed by atoms with Crippen LogP contribution >= 0.6 is 22.6 Å². The van der Waals surface area contributed by atoms with Gasteiger partial charge in [-0.05, 0) is 60.7 Å². The lowest BCUT2D eigenvalue weighted by molar-refractivity contribution is 0.0493. The van der Waals surface area contributed by atoms with Gasteiger partial charge < -0.3 is 14.4 Å². The Balaban J connectivity index is 2.28. The molecule has 106 valence electrons. The third-order valence-electron chi connectivity index (χ3n) is 2.62. The largest absolute Gasteiger partial charge is 0.475 e. The van der Waals surface area contributed by atoms with Gasteiger partial charge in [-0.1, -0.05) is 12.1 Å². The van der Waals surface area contributed by atoms with E-state index in [1.54, 1.807) is 0 Å². The first-order valence-corrected chi connectivity index (χ1v) is 7.46. The van der Waals surface area contributed by atoms with Gasteiger partial charge in [0.05, 0.1) is 12.7 Å². The number of nitrogens with zero attached hydrogens (tertiary/aromatic N) is 1. The first-order chi connectivity index (χ1) is 8.99. The molecule has 0 fully saturated rings. The number of benzene rings is 1. The molecule has 0 heterocycles. The summed E-state index contributed by atoms with van der Waals surface area (Å²) in [5.74, 6) is 0.672. The standard InChI is InChI=1S/C15H22INO2/c1-12(2)18-10-9-17(4)13(3)19-11-14-5-7-15(16)8-6-14/h5-8,12H,3,9-11H2,1-2,4H3. The summed E-state index contributed by atoms with van der Waals surface area (Å²) in [6, 6.07) is 8.28. The summed E-state index contributed by atoms with van der Waals surface area (Å²) < 4.78 is 12.4. The second kappa shape index (κ2) is 8.43. The lowest BCUT2D eigenvalue weighted by Crippen LogP contribution is -2.24. The lowest BCUT2D eigenvalue weighted by atomic mass is 10.2. The number of hydrogen-bond acceptors (Lipinski definition) is 3. The van der Waals surface area contributed by atoms with Gasteiger partial charge in [-0.15, -0.1) is 0 Å². The average Bonchev–Trinajstić information content (AvgIpc) is 2.37. The van der Waals surface area contributed by atoms with Crippen molar-refractivity contribution in [2.45, 2.75) is 26.6 Å². The SMILES string of the molecule is C=C(OCc1ccc(I)cc1)N(C)CCOC(C)C. The van der Waals surface area contributed by atoms with Gasteiger partial charge in [-0.3, -0.25) is 0 Å². The van der Waals surface area contributed by atoms with Gasteiger partial charge in [-0.25, -0.2) is 0 Å². The minimum absolute atomic E-state index is 0.259. The molecule has 0 unspecified atom stereocenters. The highest BCUT2D eigenvalue weighted by Crippen LogP contribution is 2.10. The predicted octanol–water partition coefficient (Wildman–Crippen LogP) is 3.64. The molecule has 3 nitrogen and oxygen atoms in total. The molecule has 0 spiro atoms. The van der Waals surface area contributed by atoms with E-state index in [1.807, 2.05) is 25.8 Å². The molecule has 19 heavy (non-hydrogen) atoms. The van der Waals surface area contributed by atoms with Crippen LogP contribution in [0.2, 0.25) is 0 Å². The van der Waals surface area contributed by atoms with E-state index in [2.05, 4.69) is 53.4 Å². The van der Waals surface area contributed by atoms with E-state index in [9.17, 15) is 0 Å². The number of ether oxygens (including phenoxy) is 2. The Morgan fingerprint density at radius 3 is 2.53 bits per heavy atom. The fraction of sp³-hybridized carbons (Fsp3) is 0.467. The highest BCUT2D eigenvalue weighted by molar-refractivity contribution is 14.1. The Morgan fingerprint density at radius 2 is 1.95 bits per heavy atom. The predicted molar refractivity (Wildman–Crippen MR) is 86.8 cm³/mol. The van der Waals surface area contributed by atoms with Crippen molar-refractivity contribution in [1.82, 2.24) is 4.90 Å². The van der Waals surface area contributed by atoms with Crippen LogP contribution in [0.1, 0.15) is 19.4 Å². The van der Waals surface area contributed by atoms with Crippen molar-refractivity contribution in [3.8, 4) is 0 Å². The molecule has 0 aliphatic rings. The van der Waals surface area contributed by atoms with Crippen LogP contribution in [0.4, 0.5) is 0 Å². The van der Waals surface area contributed by atoms with Crippen LogP contribution in [-0.2, 0) is 16.1 Å². The molecule has 4 heteroatoms. The number of hydrogen-bond donors (Lipinski definition) is 0. The smallest absolute Gasteiger partial charge is 0.182 e. The molecule has 0 saturated heterocycles. The molecule has 0 N–H and O–H groups in total. The molecule has 0 aliphatic heterocycles. The zero-order valence-corrected chi connectivity index (χ0v) is 14.0. The van der Waals surface area contributed by atoms with Crippen molar-refractivity contribution in [1.29, 1.82) is 0 Å². The lowest BCUT2D eigenvalue weighted by Gasteiger charge is -2.22. The van der Waals surface area contributed by atoms with E-state index in [4.69, 9.17) is 9.47 Å². The molecule has 0 bridgehead atoms. The van der Waals surface area contributed by atoms with Crippen molar-refractivity contribution >= 4 is 22.6 Å². The molecule has 0 aromatic heterocycles. The van der Waals surface area contributed by atoms with Gasteiger partial charge in [0.15, 0.2) is 5.88 Å². The number of halogens is 1. The number of rotatable bonds is 8. The summed E-state index contributed by atoms with van der Waals surface area (Å²) >= 11 is 2.29. The van der Waals surface area contributed by atoms with E-state index in [0.717, 1.165) is 12.1 Å². The van der Waals surface area contributed by atoms with Crippen molar-refractivity contribution in [2.24, 2.45) is 0 Å². The van der Waals surface area contributed by atoms with Gasteiger partial charge in [0.1, 0.15) is 6.61 Å². The van der Waals surface area contributed by atoms with E-state index < -0.39 is 0 Å². The molecule has 0 amide bonds. The number of likely N-dealkylation sites (N-methyl/N-ethyl adjacent to an activating group) is 1. The highest BCUT2D eigenvalue weighted by Gasteiger charge is 2.04. The summed E-state index contributed by atoms with van der Waals surface area (Å²) in [6.45, 7) is 10.0. The van der Waals surface area contributed by atoms with Gasteiger partial charge in [-0.2, -0.15) is 0 Å². The van der Waals surface area contributed by atoms with Crippen LogP contribution < -0.4 is 0 Å². The van der Waals surface area contributed by atoms with Gasteiger partial charge >= 0.3 is 0 Å². The Morgan fingerprint density at radius 1 is 1.32 bits per heavy atom. The average molecular weight is 375 g/mol. The molecule has 0 saturated carbocycles. The Bertz CT molecular complexity index is 390. The second-order valence-electron chi connectivity index (χ2n) is 4.65. The topological polar surface area (TPSA) is 21.7 Å². The second-order valence-corrected chi connectivity index (χ2v) is 5.90. The zero-order valence-electron chi connectivity index (χ0n) is 11.9. The molecule has 0 radical (unpaired) electrons. The normalized spacial score (nSPS) is 10.6. The zero-order chi connectivity index (χ0) is 14.3. The molecule has 1 aromatic carbocycles. The quantitative estimate of drug-likeness (QED) is 0.512.